The van der Waals surface area contributed by atoms with Crippen molar-refractivity contribution < 1.29 is 0 Å². The van der Waals surface area contributed by atoms with Crippen LogP contribution >= 0.6 is 20.8 Å². The molecule has 0 spiro atoms. The molecule has 136 valence electrons. The fourth-order valence-electron chi connectivity index (χ4n) is 3.23. The number of hydrogen-bond acceptors (Lipinski definition) is 0. The van der Waals surface area contributed by atoms with Crippen LogP contribution in [-0.4, -0.2) is 25.7 Å². The van der Waals surface area contributed by atoms with E-state index in [4.69, 9.17) is 0 Å². The van der Waals surface area contributed by atoms with Gasteiger partial charge in [0.25, 0.3) is 0 Å². The summed E-state index contributed by atoms with van der Waals surface area (Å²) in [6, 6.07) is 0. The van der Waals surface area contributed by atoms with Crippen LogP contribution in [0.4, 0.5) is 0 Å². The molecule has 0 rings (SSSR count). The standard InChI is InChI=1S/C20H44BrP/c1-5-7-9-11-13-14-16-18-20-22(3,4,21)19-17-15-12-10-8-6-2/h5-20H2,1-4H3. The Morgan fingerprint density at radius 1 is 0.500 bits per heavy atom. The molecule has 0 unspecified atom stereocenters. The summed E-state index contributed by atoms with van der Waals surface area (Å²) in [5.74, 6) is 0. The molecule has 0 aromatic rings. The zero-order chi connectivity index (χ0) is 16.8. The molecular weight excluding hydrogens is 351 g/mol. The molecule has 0 aliphatic heterocycles. The van der Waals surface area contributed by atoms with E-state index in [-0.39, 0.29) is 0 Å². The van der Waals surface area contributed by atoms with Crippen molar-refractivity contribution in [3.8, 4) is 0 Å². The van der Waals surface area contributed by atoms with Crippen LogP contribution in [0.5, 0.6) is 0 Å². The minimum atomic E-state index is -1.51. The molecular formula is C20H44BrP. The number of hydrogen-bond donors (Lipinski definition) is 0. The maximum atomic E-state index is 4.20. The van der Waals surface area contributed by atoms with Gasteiger partial charge >= 0.3 is 150 Å². The Labute approximate surface area is 150 Å². The molecule has 0 saturated carbocycles. The van der Waals surface area contributed by atoms with Gasteiger partial charge < -0.3 is 0 Å². The monoisotopic (exact) mass is 394 g/mol. The molecule has 0 amide bonds. The summed E-state index contributed by atoms with van der Waals surface area (Å²) >= 11 is 4.20. The molecule has 22 heavy (non-hydrogen) atoms. The van der Waals surface area contributed by atoms with E-state index in [0.717, 1.165) is 0 Å². The number of rotatable bonds is 16. The Kier molecular flexibility index (Phi) is 13.8. The minimum absolute atomic E-state index is 1.36. The van der Waals surface area contributed by atoms with Crippen LogP contribution < -0.4 is 0 Å². The summed E-state index contributed by atoms with van der Waals surface area (Å²) in [5, 5.41) is -1.51. The summed E-state index contributed by atoms with van der Waals surface area (Å²) in [6.07, 6.45) is 23.0. The van der Waals surface area contributed by atoms with Gasteiger partial charge in [-0.25, -0.2) is 0 Å². The van der Waals surface area contributed by atoms with Crippen molar-refractivity contribution >= 4 is 20.8 Å². The molecule has 0 atom stereocenters. The molecule has 0 bridgehead atoms. The molecule has 0 saturated heterocycles. The first-order chi connectivity index (χ1) is 10.4. The third kappa shape index (κ3) is 15.8. The first kappa shape index (κ1) is 22.9. The Morgan fingerprint density at radius 3 is 1.09 bits per heavy atom. The second-order valence-corrected chi connectivity index (χ2v) is 21.4. The summed E-state index contributed by atoms with van der Waals surface area (Å²) < 4.78 is 0. The van der Waals surface area contributed by atoms with Gasteiger partial charge in [0.1, 0.15) is 0 Å². The van der Waals surface area contributed by atoms with E-state index in [9.17, 15) is 0 Å². The molecule has 0 radical (unpaired) electrons. The van der Waals surface area contributed by atoms with Gasteiger partial charge in [-0.3, -0.25) is 0 Å². The normalized spacial score (nSPS) is 14.0. The van der Waals surface area contributed by atoms with Crippen LogP contribution in [0.1, 0.15) is 104 Å². The second kappa shape index (κ2) is 13.2. The molecule has 0 aliphatic rings. The summed E-state index contributed by atoms with van der Waals surface area (Å²) in [7, 11) is 0. The maximum absolute atomic E-state index is 4.20. The fraction of sp³-hybridized carbons (Fsp3) is 1.00. The van der Waals surface area contributed by atoms with E-state index in [0.29, 0.717) is 0 Å². The Bertz CT molecular complexity index is 242. The van der Waals surface area contributed by atoms with Crippen LogP contribution in [0.2, 0.25) is 0 Å². The van der Waals surface area contributed by atoms with Crippen molar-refractivity contribution in [2.75, 3.05) is 25.7 Å². The first-order valence-electron chi connectivity index (χ1n) is 10.1. The molecule has 2 heteroatoms. The van der Waals surface area contributed by atoms with E-state index in [2.05, 4.69) is 42.7 Å². The molecule has 0 heterocycles. The van der Waals surface area contributed by atoms with Crippen LogP contribution in [0.25, 0.3) is 0 Å². The van der Waals surface area contributed by atoms with Crippen LogP contribution in [0, 0.1) is 0 Å². The van der Waals surface area contributed by atoms with E-state index in [1.807, 2.05) is 0 Å². The van der Waals surface area contributed by atoms with Crippen molar-refractivity contribution in [3.05, 3.63) is 0 Å². The van der Waals surface area contributed by atoms with Crippen molar-refractivity contribution in [2.45, 2.75) is 104 Å². The predicted octanol–water partition coefficient (Wildman–Crippen LogP) is 8.61. The topological polar surface area (TPSA) is 0 Å². The van der Waals surface area contributed by atoms with Crippen LogP contribution in [0.15, 0.2) is 0 Å². The molecule has 0 fully saturated rings. The van der Waals surface area contributed by atoms with E-state index in [1.54, 1.807) is 0 Å². The van der Waals surface area contributed by atoms with Gasteiger partial charge in [-0.2, -0.15) is 0 Å². The van der Waals surface area contributed by atoms with Crippen LogP contribution in [-0.2, 0) is 0 Å². The second-order valence-electron chi connectivity index (χ2n) is 8.20. The number of unbranched alkanes of at least 4 members (excludes halogenated alkanes) is 12. The average molecular weight is 395 g/mol. The molecule has 0 nitrogen and oxygen atoms in total. The van der Waals surface area contributed by atoms with E-state index < -0.39 is 5.31 Å². The Balaban J connectivity index is 3.59. The van der Waals surface area contributed by atoms with E-state index >= 15 is 0 Å². The van der Waals surface area contributed by atoms with Gasteiger partial charge in [0, 0.05) is 0 Å². The third-order valence-electron chi connectivity index (χ3n) is 4.90. The van der Waals surface area contributed by atoms with Gasteiger partial charge in [0.15, 0.2) is 0 Å². The zero-order valence-corrected chi connectivity index (χ0v) is 18.6. The summed E-state index contributed by atoms with van der Waals surface area (Å²) in [4.78, 5) is 0. The summed E-state index contributed by atoms with van der Waals surface area (Å²) in [6.45, 7) is 9.70. The van der Waals surface area contributed by atoms with Crippen molar-refractivity contribution in [1.82, 2.24) is 0 Å². The van der Waals surface area contributed by atoms with Gasteiger partial charge in [-0.15, -0.1) is 0 Å². The molecule has 0 aliphatic carbocycles. The Hall–Kier alpha value is 0.910. The number of halogens is 1. The third-order valence-corrected chi connectivity index (χ3v) is 10.4. The fourth-order valence-corrected chi connectivity index (χ4v) is 7.35. The van der Waals surface area contributed by atoms with Gasteiger partial charge in [0.2, 0.25) is 0 Å². The molecule has 0 aromatic heterocycles. The SMILES string of the molecule is CCCCCCCCCCP(C)(C)(Br)CCCCCCCC. The van der Waals surface area contributed by atoms with Crippen molar-refractivity contribution in [3.63, 3.8) is 0 Å². The summed E-state index contributed by atoms with van der Waals surface area (Å²) in [5.41, 5.74) is 0. The van der Waals surface area contributed by atoms with Crippen LogP contribution in [0.3, 0.4) is 0 Å². The van der Waals surface area contributed by atoms with Crippen molar-refractivity contribution in [1.29, 1.82) is 0 Å². The van der Waals surface area contributed by atoms with Gasteiger partial charge in [0.05, 0.1) is 0 Å². The van der Waals surface area contributed by atoms with E-state index in [1.165, 1.54) is 102 Å². The first-order valence-corrected chi connectivity index (χ1v) is 15.6. The van der Waals surface area contributed by atoms with Gasteiger partial charge in [-0.05, 0) is 0 Å². The molecule has 0 aromatic carbocycles. The van der Waals surface area contributed by atoms with Crippen molar-refractivity contribution in [2.24, 2.45) is 0 Å². The predicted molar refractivity (Wildman–Crippen MR) is 113 cm³/mol. The Morgan fingerprint density at radius 2 is 0.773 bits per heavy atom. The zero-order valence-electron chi connectivity index (χ0n) is 16.1. The molecule has 0 N–H and O–H groups in total. The average Bonchev–Trinajstić information content (AvgIpc) is 2.45. The van der Waals surface area contributed by atoms with Gasteiger partial charge in [-0.1, -0.05) is 0 Å². The quantitative estimate of drug-likeness (QED) is 0.181.